The van der Waals surface area contributed by atoms with E-state index in [2.05, 4.69) is 15.0 Å². The van der Waals surface area contributed by atoms with Crippen molar-refractivity contribution >= 4 is 34.6 Å². The van der Waals surface area contributed by atoms with Crippen molar-refractivity contribution in [1.29, 1.82) is 0 Å². The Morgan fingerprint density at radius 2 is 1.89 bits per heavy atom. The van der Waals surface area contributed by atoms with Gasteiger partial charge in [0.2, 0.25) is 15.9 Å². The van der Waals surface area contributed by atoms with Crippen LogP contribution < -0.4 is 4.74 Å². The molecule has 1 aliphatic rings. The fourth-order valence-electron chi connectivity index (χ4n) is 3.79. The van der Waals surface area contributed by atoms with Gasteiger partial charge in [-0.05, 0) is 17.0 Å². The topological polar surface area (TPSA) is 115 Å². The summed E-state index contributed by atoms with van der Waals surface area (Å²) in [6, 6.07) is 9.44. The first-order valence-electron chi connectivity index (χ1n) is 11.1. The number of morpholine rings is 1. The lowest BCUT2D eigenvalue weighted by atomic mass is 9.84. The summed E-state index contributed by atoms with van der Waals surface area (Å²) in [7, 11) is -3.30. The Bertz CT molecular complexity index is 1260. The van der Waals surface area contributed by atoms with Crippen LogP contribution in [0.25, 0.3) is 22.3 Å². The lowest BCUT2D eigenvalue weighted by molar-refractivity contribution is -0.0252. The summed E-state index contributed by atoms with van der Waals surface area (Å²) in [4.78, 5) is 13.4. The first-order chi connectivity index (χ1) is 16.0. The Morgan fingerprint density at radius 1 is 1.20 bits per heavy atom. The minimum absolute atomic E-state index is 0. The van der Waals surface area contributed by atoms with Gasteiger partial charge in [0, 0.05) is 31.0 Å². The molecule has 1 saturated heterocycles. The third kappa shape index (κ3) is 6.47. The van der Waals surface area contributed by atoms with Gasteiger partial charge in [-0.3, -0.25) is 4.98 Å². The molecule has 2 atom stereocenters. The van der Waals surface area contributed by atoms with Crippen molar-refractivity contribution in [3.63, 3.8) is 0 Å². The van der Waals surface area contributed by atoms with Crippen LogP contribution in [0.2, 0.25) is 0 Å². The Balaban J connectivity index is 0.00000342. The van der Waals surface area contributed by atoms with Gasteiger partial charge in [-0.2, -0.15) is 17.8 Å². The van der Waals surface area contributed by atoms with Crippen molar-refractivity contribution in [3.8, 4) is 17.1 Å². The zero-order valence-electron chi connectivity index (χ0n) is 20.3. The number of aliphatic hydroxyl groups excluding tert-OH is 1. The van der Waals surface area contributed by atoms with Crippen molar-refractivity contribution in [2.45, 2.75) is 33.0 Å². The van der Waals surface area contributed by atoms with E-state index in [-0.39, 0.29) is 32.1 Å². The number of ether oxygens (including phenoxy) is 2. The number of rotatable bonds is 6. The molecule has 35 heavy (non-hydrogen) atoms. The first-order valence-corrected chi connectivity index (χ1v) is 13.0. The lowest BCUT2D eigenvalue weighted by Gasteiger charge is -2.30. The van der Waals surface area contributed by atoms with Crippen LogP contribution in [0, 0.1) is 5.41 Å². The van der Waals surface area contributed by atoms with E-state index in [0.717, 1.165) is 11.1 Å². The smallest absolute Gasteiger partial charge is 0.242 e. The lowest BCUT2D eigenvalue weighted by Crippen LogP contribution is -2.47. The van der Waals surface area contributed by atoms with Crippen molar-refractivity contribution in [2.75, 3.05) is 32.6 Å². The van der Waals surface area contributed by atoms with Crippen LogP contribution in [0.4, 0.5) is 0 Å². The average molecular weight is 521 g/mol. The van der Waals surface area contributed by atoms with Crippen LogP contribution in [0.15, 0.2) is 42.7 Å². The highest BCUT2D eigenvalue weighted by Crippen LogP contribution is 2.34. The largest absolute Gasteiger partial charge is 0.473 e. The number of sulfonamides is 1. The quantitative estimate of drug-likeness (QED) is 0.528. The first kappa shape index (κ1) is 27.3. The van der Waals surface area contributed by atoms with Crippen LogP contribution in [0.3, 0.4) is 0 Å². The molecule has 4 rings (SSSR count). The molecule has 9 nitrogen and oxygen atoms in total. The molecule has 0 saturated carbocycles. The van der Waals surface area contributed by atoms with Gasteiger partial charge in [-0.1, -0.05) is 45.0 Å². The highest BCUT2D eigenvalue weighted by molar-refractivity contribution is 7.88. The molecular formula is C24H32N4O5S2. The number of aromatic nitrogens is 3. The minimum atomic E-state index is -3.30. The van der Waals surface area contributed by atoms with E-state index in [9.17, 15) is 13.5 Å². The molecule has 0 aliphatic carbocycles. The van der Waals surface area contributed by atoms with Gasteiger partial charge in [0.05, 0.1) is 30.2 Å². The van der Waals surface area contributed by atoms with Gasteiger partial charge in [0.15, 0.2) is 5.52 Å². The maximum atomic E-state index is 11.9. The Labute approximate surface area is 213 Å². The molecule has 0 amide bonds. The van der Waals surface area contributed by atoms with Crippen LogP contribution in [-0.2, 0) is 14.8 Å². The highest BCUT2D eigenvalue weighted by Gasteiger charge is 2.27. The predicted molar refractivity (Wildman–Crippen MR) is 139 cm³/mol. The molecule has 1 N–H and O–H groups in total. The SMILES string of the molecule is CC(C)(C)C(O)c1ccc(-c2cc3nccnc3c(OC[C@@H]3CN(S(C)(=O)=O)CCO3)n2)cc1.S. The van der Waals surface area contributed by atoms with E-state index in [1.165, 1.54) is 10.6 Å². The summed E-state index contributed by atoms with van der Waals surface area (Å²) < 4.78 is 36.8. The van der Waals surface area contributed by atoms with Gasteiger partial charge >= 0.3 is 0 Å². The summed E-state index contributed by atoms with van der Waals surface area (Å²) >= 11 is 0. The van der Waals surface area contributed by atoms with Gasteiger partial charge in [0.25, 0.3) is 0 Å². The molecule has 190 valence electrons. The van der Waals surface area contributed by atoms with Gasteiger partial charge < -0.3 is 14.6 Å². The standard InChI is InChI=1S/C24H30N4O5S.H2S/c1-24(2,3)22(29)17-7-5-16(6-8-17)19-13-20-21(26-10-9-25-20)23(27-19)33-15-18-14-28(11-12-32-18)34(4,30)31;/h5-10,13,18,22,29H,11-12,14-15H2,1-4H3;1H2/t18-,22?;/m0./s1. The van der Waals surface area contributed by atoms with E-state index in [1.54, 1.807) is 12.4 Å². The van der Waals surface area contributed by atoms with E-state index in [4.69, 9.17) is 9.47 Å². The molecule has 1 fully saturated rings. The van der Waals surface area contributed by atoms with Crippen LogP contribution in [-0.4, -0.2) is 71.4 Å². The highest BCUT2D eigenvalue weighted by atomic mass is 32.2. The van der Waals surface area contributed by atoms with Crippen molar-refractivity contribution < 1.29 is 23.0 Å². The zero-order valence-corrected chi connectivity index (χ0v) is 22.1. The van der Waals surface area contributed by atoms with Crippen LogP contribution in [0.1, 0.15) is 32.4 Å². The summed E-state index contributed by atoms with van der Waals surface area (Å²) in [5, 5.41) is 10.6. The second kappa shape index (κ2) is 10.8. The predicted octanol–water partition coefficient (Wildman–Crippen LogP) is 2.92. The number of pyridine rings is 1. The molecule has 2 aromatic heterocycles. The molecule has 3 heterocycles. The number of nitrogens with zero attached hydrogens (tertiary/aromatic N) is 4. The third-order valence-electron chi connectivity index (χ3n) is 5.74. The van der Waals surface area contributed by atoms with Crippen molar-refractivity contribution in [1.82, 2.24) is 19.3 Å². The molecule has 3 aromatic rings. The molecule has 0 radical (unpaired) electrons. The van der Waals surface area contributed by atoms with Crippen molar-refractivity contribution in [3.05, 3.63) is 48.3 Å². The van der Waals surface area contributed by atoms with E-state index in [0.29, 0.717) is 35.8 Å². The molecule has 11 heteroatoms. The number of hydrogen-bond acceptors (Lipinski definition) is 8. The van der Waals surface area contributed by atoms with Crippen LogP contribution >= 0.6 is 13.5 Å². The van der Waals surface area contributed by atoms with Gasteiger partial charge in [-0.25, -0.2) is 18.4 Å². The van der Waals surface area contributed by atoms with E-state index < -0.39 is 22.2 Å². The normalized spacial score (nSPS) is 18.1. The summed E-state index contributed by atoms with van der Waals surface area (Å²) in [5.41, 5.74) is 3.21. The summed E-state index contributed by atoms with van der Waals surface area (Å²) in [5.74, 6) is 0.305. The number of benzene rings is 1. The Kier molecular flexibility index (Phi) is 8.38. The third-order valence-corrected chi connectivity index (χ3v) is 7.01. The van der Waals surface area contributed by atoms with Gasteiger partial charge in [-0.15, -0.1) is 0 Å². The molecule has 1 unspecified atom stereocenters. The second-order valence-corrected chi connectivity index (χ2v) is 11.5. The van der Waals surface area contributed by atoms with Crippen molar-refractivity contribution in [2.24, 2.45) is 5.41 Å². The van der Waals surface area contributed by atoms with E-state index >= 15 is 0 Å². The second-order valence-electron chi connectivity index (χ2n) is 9.55. The molecular weight excluding hydrogens is 488 g/mol. The molecule has 1 aliphatic heterocycles. The van der Waals surface area contributed by atoms with E-state index in [1.807, 2.05) is 51.1 Å². The minimum Gasteiger partial charge on any atom is -0.473 e. The monoisotopic (exact) mass is 520 g/mol. The Morgan fingerprint density at radius 3 is 2.54 bits per heavy atom. The molecule has 1 aromatic carbocycles. The maximum absolute atomic E-state index is 11.9. The van der Waals surface area contributed by atoms with Gasteiger partial charge in [0.1, 0.15) is 12.7 Å². The summed E-state index contributed by atoms with van der Waals surface area (Å²) in [6.07, 6.45) is 3.36. The number of aliphatic hydroxyl groups is 1. The Hall–Kier alpha value is -2.31. The average Bonchev–Trinajstić information content (AvgIpc) is 2.81. The molecule has 0 spiro atoms. The molecule has 0 bridgehead atoms. The van der Waals surface area contributed by atoms with Crippen LogP contribution in [0.5, 0.6) is 5.88 Å². The fourth-order valence-corrected chi connectivity index (χ4v) is 4.64. The number of fused-ring (bicyclic) bond motifs is 1. The summed E-state index contributed by atoms with van der Waals surface area (Å²) in [6.45, 7) is 6.96. The fraction of sp³-hybridized carbons (Fsp3) is 0.458. The number of hydrogen-bond donors (Lipinski definition) is 1. The maximum Gasteiger partial charge on any atom is 0.242 e. The zero-order chi connectivity index (χ0) is 24.5.